The molecule has 1 aromatic carbocycles. The number of para-hydroxylation sites is 1. The maximum atomic E-state index is 14.5. The van der Waals surface area contributed by atoms with E-state index < -0.39 is 17.6 Å². The number of nitrogens with zero attached hydrogens (tertiary/aromatic N) is 2. The molecule has 1 aromatic rings. The van der Waals surface area contributed by atoms with Crippen LogP contribution in [0.4, 0.5) is 5.69 Å². The van der Waals surface area contributed by atoms with Crippen molar-refractivity contribution in [3.63, 3.8) is 0 Å². The summed E-state index contributed by atoms with van der Waals surface area (Å²) in [7, 11) is -3.06. The van der Waals surface area contributed by atoms with Crippen LogP contribution in [-0.4, -0.2) is 15.0 Å². The van der Waals surface area contributed by atoms with Crippen LogP contribution in [-0.2, 0) is 4.57 Å². The van der Waals surface area contributed by atoms with E-state index in [-0.39, 0.29) is 5.16 Å². The lowest BCUT2D eigenvalue weighted by Gasteiger charge is -2.46. The van der Waals surface area contributed by atoms with Gasteiger partial charge >= 0.3 is 0 Å². The average Bonchev–Trinajstić information content (AvgIpc) is 2.86. The Balaban J connectivity index is 2.71. The highest BCUT2D eigenvalue weighted by molar-refractivity contribution is 7.65. The molecule has 2 rings (SSSR count). The topological polar surface area (TPSA) is 23.6 Å². The lowest BCUT2D eigenvalue weighted by Crippen LogP contribution is -2.37. The van der Waals surface area contributed by atoms with Crippen LogP contribution < -0.4 is 4.90 Å². The van der Waals surface area contributed by atoms with E-state index in [2.05, 4.69) is 52.6 Å². The van der Waals surface area contributed by atoms with Crippen LogP contribution in [0.3, 0.4) is 0 Å². The second-order valence-corrected chi connectivity index (χ2v) is 15.3. The summed E-state index contributed by atoms with van der Waals surface area (Å²) in [6.07, 6.45) is 0. The van der Waals surface area contributed by atoms with Gasteiger partial charge in [-0.2, -0.15) is 0 Å². The number of benzene rings is 1. The molecule has 0 atom stereocenters. The molecular weight excluding hydrogens is 422 g/mol. The van der Waals surface area contributed by atoms with Gasteiger partial charge in [0.2, 0.25) is 6.67 Å². The number of anilines is 1. The van der Waals surface area contributed by atoms with Crippen molar-refractivity contribution >= 4 is 36.2 Å². The first kappa shape index (κ1) is 24.6. The molecule has 29 heavy (non-hydrogen) atoms. The van der Waals surface area contributed by atoms with Gasteiger partial charge in [0.1, 0.15) is 10.3 Å². The van der Waals surface area contributed by atoms with Gasteiger partial charge in [-0.1, -0.05) is 111 Å². The molecule has 0 bridgehead atoms. The normalized spacial score (nSPS) is 16.6. The summed E-state index contributed by atoms with van der Waals surface area (Å²) in [4.78, 5) is 1.80. The van der Waals surface area contributed by atoms with Crippen LogP contribution in [0, 0.1) is 6.67 Å². The Hall–Kier alpha value is -0.630. The van der Waals surface area contributed by atoms with Gasteiger partial charge in [0.25, 0.3) is 0 Å². The number of halogens is 2. The first-order chi connectivity index (χ1) is 13.1. The summed E-state index contributed by atoms with van der Waals surface area (Å²) in [6.45, 7) is 23.9. The van der Waals surface area contributed by atoms with Gasteiger partial charge < -0.3 is 0 Å². The monoisotopic (exact) mass is 456 g/mol. The summed E-state index contributed by atoms with van der Waals surface area (Å²) < 4.78 is 16.1. The molecule has 162 valence electrons. The van der Waals surface area contributed by atoms with Crippen molar-refractivity contribution in [1.82, 2.24) is 4.67 Å². The van der Waals surface area contributed by atoms with Crippen LogP contribution in [0.2, 0.25) is 0 Å². The van der Waals surface area contributed by atoms with Gasteiger partial charge in [-0.3, -0.25) is 14.1 Å². The van der Waals surface area contributed by atoms with Gasteiger partial charge in [0, 0.05) is 10.3 Å². The Kier molecular flexibility index (Phi) is 6.91. The summed E-state index contributed by atoms with van der Waals surface area (Å²) in [6, 6.07) is 6.30. The van der Waals surface area contributed by atoms with Crippen molar-refractivity contribution in [2.45, 2.75) is 91.4 Å². The second kappa shape index (κ2) is 8.13. The smallest absolute Gasteiger partial charge is 0.221 e. The van der Waals surface area contributed by atoms with E-state index >= 15 is 0 Å². The fraction of sp³-hybridized carbons (Fsp3) is 0.609. The zero-order valence-corrected chi connectivity index (χ0v) is 21.8. The van der Waals surface area contributed by atoms with E-state index in [0.717, 1.165) is 16.8 Å². The van der Waals surface area contributed by atoms with Crippen LogP contribution in [0.5, 0.6) is 0 Å². The number of rotatable bonds is 4. The van der Waals surface area contributed by atoms with Crippen molar-refractivity contribution < 1.29 is 4.57 Å². The molecule has 0 saturated heterocycles. The lowest BCUT2D eigenvalue weighted by molar-refractivity contribution is 0.464. The third kappa shape index (κ3) is 4.12. The average molecular weight is 457 g/mol. The molecule has 1 heterocycles. The van der Waals surface area contributed by atoms with E-state index in [0.29, 0.717) is 17.0 Å². The summed E-state index contributed by atoms with van der Waals surface area (Å²) in [5, 5.41) is -0.405. The predicted molar refractivity (Wildman–Crippen MR) is 128 cm³/mol. The molecule has 0 unspecified atom stereocenters. The molecule has 0 aliphatic carbocycles. The summed E-state index contributed by atoms with van der Waals surface area (Å²) in [5.74, 6) is 0.583. The molecule has 0 spiro atoms. The molecule has 0 N–H and O–H groups in total. The van der Waals surface area contributed by atoms with Crippen molar-refractivity contribution in [3.05, 3.63) is 46.3 Å². The minimum atomic E-state index is -3.06. The molecule has 1 aliphatic heterocycles. The van der Waals surface area contributed by atoms with Crippen molar-refractivity contribution in [2.75, 3.05) is 4.90 Å². The maximum absolute atomic E-state index is 14.5. The standard InChI is InChI=1S/C23H35Cl2N2OP/c1-15(2)17-12-11-13-18(16(3)4)19(17)26-14-27(21(25)20(26)24)29(28,22(5,6)7)23(8,9)10/h11-13,15-16H,1-10H3. The molecule has 0 aromatic heterocycles. The first-order valence-electron chi connectivity index (χ1n) is 10.2. The van der Waals surface area contributed by atoms with Crippen LogP contribution in [0.15, 0.2) is 28.5 Å². The molecule has 0 amide bonds. The number of hydrogen-bond donors (Lipinski definition) is 0. The Morgan fingerprint density at radius 1 is 0.862 bits per heavy atom. The quantitative estimate of drug-likeness (QED) is 0.334. The number of hydrogen-bond acceptors (Lipinski definition) is 2. The van der Waals surface area contributed by atoms with Gasteiger partial charge in [-0.05, 0) is 23.0 Å². The van der Waals surface area contributed by atoms with Crippen LogP contribution >= 0.6 is 30.5 Å². The minimum absolute atomic E-state index is 0.271. The third-order valence-electron chi connectivity index (χ3n) is 5.41. The molecule has 0 saturated carbocycles. The maximum Gasteiger partial charge on any atom is 0.221 e. The molecule has 6 heteroatoms. The van der Waals surface area contributed by atoms with E-state index in [1.807, 2.05) is 41.5 Å². The van der Waals surface area contributed by atoms with E-state index in [1.165, 1.54) is 0 Å². The Morgan fingerprint density at radius 2 is 1.28 bits per heavy atom. The predicted octanol–water partition coefficient (Wildman–Crippen LogP) is 8.53. The van der Waals surface area contributed by atoms with Crippen molar-refractivity contribution in [2.24, 2.45) is 0 Å². The van der Waals surface area contributed by atoms with Crippen LogP contribution in [0.1, 0.15) is 92.2 Å². The highest BCUT2D eigenvalue weighted by Gasteiger charge is 2.54. The summed E-state index contributed by atoms with van der Waals surface area (Å²) >= 11 is 13.5. The summed E-state index contributed by atoms with van der Waals surface area (Å²) in [5.41, 5.74) is 3.31. The minimum Gasteiger partial charge on any atom is -0.299 e. The first-order valence-corrected chi connectivity index (χ1v) is 12.6. The largest absolute Gasteiger partial charge is 0.299 e. The Bertz CT molecular complexity index is 803. The van der Waals surface area contributed by atoms with E-state index in [1.54, 1.807) is 9.57 Å². The van der Waals surface area contributed by atoms with Gasteiger partial charge in [0.05, 0.1) is 5.69 Å². The Morgan fingerprint density at radius 3 is 1.62 bits per heavy atom. The van der Waals surface area contributed by atoms with E-state index in [4.69, 9.17) is 23.2 Å². The highest BCUT2D eigenvalue weighted by Crippen LogP contribution is 2.72. The Labute approximate surface area is 187 Å². The zero-order valence-electron chi connectivity index (χ0n) is 19.4. The molecule has 3 nitrogen and oxygen atoms in total. The third-order valence-corrected chi connectivity index (χ3v) is 10.8. The molecule has 0 fully saturated rings. The SMILES string of the molecule is CC(C)c1cccc(C(C)C)c1N1[C]N(P(=O)(C(C)(C)C)C(C)(C)C)C(Cl)=C1Cl. The van der Waals surface area contributed by atoms with Crippen LogP contribution in [0.25, 0.3) is 0 Å². The van der Waals surface area contributed by atoms with Crippen molar-refractivity contribution in [1.29, 1.82) is 0 Å². The van der Waals surface area contributed by atoms with Gasteiger partial charge in [-0.25, -0.2) is 0 Å². The van der Waals surface area contributed by atoms with Crippen molar-refractivity contribution in [3.8, 4) is 0 Å². The van der Waals surface area contributed by atoms with Gasteiger partial charge in [0.15, 0.2) is 7.29 Å². The molecule has 1 aliphatic rings. The fourth-order valence-electron chi connectivity index (χ4n) is 4.07. The zero-order chi connectivity index (χ0) is 22.5. The fourth-order valence-corrected chi connectivity index (χ4v) is 8.55. The second-order valence-electron chi connectivity index (χ2n) is 10.3. The van der Waals surface area contributed by atoms with E-state index in [9.17, 15) is 4.57 Å². The lowest BCUT2D eigenvalue weighted by atomic mass is 9.92. The molecule has 2 radical (unpaired) electrons. The van der Waals surface area contributed by atoms with Gasteiger partial charge in [-0.15, -0.1) is 0 Å². The highest BCUT2D eigenvalue weighted by atomic mass is 35.5. The molecular formula is C23H35Cl2N2OP.